The average molecular weight is 392 g/mol. The average Bonchev–Trinajstić information content (AvgIpc) is 2.63. The lowest BCUT2D eigenvalue weighted by molar-refractivity contribution is 0.477. The highest BCUT2D eigenvalue weighted by Crippen LogP contribution is 2.11. The van der Waals surface area contributed by atoms with Crippen LogP contribution in [0.25, 0.3) is 0 Å². The van der Waals surface area contributed by atoms with Crippen molar-refractivity contribution in [1.29, 1.82) is 0 Å². The first-order valence-corrected chi connectivity index (χ1v) is 10.6. The maximum absolute atomic E-state index is 12.2. The van der Waals surface area contributed by atoms with Gasteiger partial charge in [0.25, 0.3) is 0 Å². The Hall–Kier alpha value is -1.85. The molecule has 6 heteroatoms. The van der Waals surface area contributed by atoms with Crippen LogP contribution in [-0.2, 0) is 23.1 Å². The molecule has 0 fully saturated rings. The van der Waals surface area contributed by atoms with Crippen LogP contribution in [0, 0.1) is 0 Å². The van der Waals surface area contributed by atoms with Gasteiger partial charge in [-0.05, 0) is 30.2 Å². The van der Waals surface area contributed by atoms with E-state index in [4.69, 9.17) is 11.6 Å². The summed E-state index contributed by atoms with van der Waals surface area (Å²) in [4.78, 5) is 6.68. The van der Waals surface area contributed by atoms with Gasteiger partial charge in [-0.25, -0.2) is 0 Å². The predicted octanol–water partition coefficient (Wildman–Crippen LogP) is 3.69. The molecular weight excluding hydrogens is 366 g/mol. The van der Waals surface area contributed by atoms with E-state index < -0.39 is 10.8 Å². The molecule has 4 nitrogen and oxygen atoms in total. The predicted molar refractivity (Wildman–Crippen MR) is 112 cm³/mol. The van der Waals surface area contributed by atoms with Crippen LogP contribution >= 0.6 is 11.6 Å². The highest BCUT2D eigenvalue weighted by molar-refractivity contribution is 7.84. The van der Waals surface area contributed by atoms with E-state index in [2.05, 4.69) is 15.2 Å². The molecule has 0 spiro atoms. The van der Waals surface area contributed by atoms with Crippen molar-refractivity contribution in [1.82, 2.24) is 10.2 Å². The standard InChI is InChI=1S/C20H26ClN3OS/c1-3-22-20(24(2)15-17-9-11-19(21)12-10-17)23-13-14-26(25)16-18-7-5-4-6-8-18/h4-12H,3,13-16H2,1-2H3,(H,22,23). The summed E-state index contributed by atoms with van der Waals surface area (Å²) in [6, 6.07) is 17.7. The van der Waals surface area contributed by atoms with Crippen molar-refractivity contribution in [3.05, 3.63) is 70.7 Å². The van der Waals surface area contributed by atoms with E-state index in [1.165, 1.54) is 0 Å². The summed E-state index contributed by atoms with van der Waals surface area (Å²) >= 11 is 5.94. The van der Waals surface area contributed by atoms with Crippen molar-refractivity contribution in [2.45, 2.75) is 19.2 Å². The number of aliphatic imine (C=N–C) groups is 1. The number of nitrogens with one attached hydrogen (secondary N) is 1. The third-order valence-electron chi connectivity index (χ3n) is 3.78. The number of benzene rings is 2. The Morgan fingerprint density at radius 2 is 1.81 bits per heavy atom. The van der Waals surface area contributed by atoms with Gasteiger partial charge in [0.05, 0.1) is 6.54 Å². The molecule has 0 radical (unpaired) electrons. The van der Waals surface area contributed by atoms with Crippen molar-refractivity contribution in [3.63, 3.8) is 0 Å². The lowest BCUT2D eigenvalue weighted by Crippen LogP contribution is -2.38. The van der Waals surface area contributed by atoms with Crippen LogP contribution < -0.4 is 5.32 Å². The van der Waals surface area contributed by atoms with Gasteiger partial charge in [0, 0.05) is 47.5 Å². The fourth-order valence-electron chi connectivity index (χ4n) is 2.49. The molecule has 0 aliphatic carbocycles. The third-order valence-corrected chi connectivity index (χ3v) is 5.33. The summed E-state index contributed by atoms with van der Waals surface area (Å²) in [5.74, 6) is 1.95. The van der Waals surface area contributed by atoms with E-state index in [1.54, 1.807) is 0 Å². The Balaban J connectivity index is 1.88. The van der Waals surface area contributed by atoms with Crippen LogP contribution in [0.4, 0.5) is 0 Å². The van der Waals surface area contributed by atoms with Gasteiger partial charge in [0.1, 0.15) is 0 Å². The summed E-state index contributed by atoms with van der Waals surface area (Å²) in [6.45, 7) is 4.10. The Bertz CT molecular complexity index is 720. The van der Waals surface area contributed by atoms with Crippen molar-refractivity contribution < 1.29 is 4.21 Å². The summed E-state index contributed by atoms with van der Waals surface area (Å²) in [7, 11) is 1.08. The maximum Gasteiger partial charge on any atom is 0.193 e. The van der Waals surface area contributed by atoms with Crippen LogP contribution in [0.2, 0.25) is 5.02 Å². The normalized spacial score (nSPS) is 12.7. The quantitative estimate of drug-likeness (QED) is 0.551. The summed E-state index contributed by atoms with van der Waals surface area (Å²) in [6.07, 6.45) is 0. The minimum absolute atomic E-state index is 0.534. The molecule has 1 atom stereocenters. The zero-order valence-corrected chi connectivity index (χ0v) is 16.9. The van der Waals surface area contributed by atoms with Crippen molar-refractivity contribution in [2.24, 2.45) is 4.99 Å². The topological polar surface area (TPSA) is 44.7 Å². The molecule has 26 heavy (non-hydrogen) atoms. The summed E-state index contributed by atoms with van der Waals surface area (Å²) < 4.78 is 12.2. The molecular formula is C20H26ClN3OS. The Morgan fingerprint density at radius 3 is 2.46 bits per heavy atom. The first kappa shape index (κ1) is 20.5. The van der Waals surface area contributed by atoms with Gasteiger partial charge in [-0.15, -0.1) is 0 Å². The molecule has 1 unspecified atom stereocenters. The first-order valence-electron chi connectivity index (χ1n) is 8.71. The molecule has 2 aromatic rings. The second-order valence-corrected chi connectivity index (χ2v) is 8.01. The molecule has 2 aromatic carbocycles. The van der Waals surface area contributed by atoms with Gasteiger partial charge in [-0.1, -0.05) is 54.1 Å². The van der Waals surface area contributed by atoms with Crippen molar-refractivity contribution in [3.8, 4) is 0 Å². The molecule has 0 amide bonds. The van der Waals surface area contributed by atoms with E-state index in [1.807, 2.05) is 68.6 Å². The van der Waals surface area contributed by atoms with Crippen molar-refractivity contribution in [2.75, 3.05) is 25.9 Å². The zero-order chi connectivity index (χ0) is 18.8. The zero-order valence-electron chi connectivity index (χ0n) is 15.3. The second-order valence-electron chi connectivity index (χ2n) is 5.99. The van der Waals surface area contributed by atoms with E-state index in [0.29, 0.717) is 18.1 Å². The SMILES string of the molecule is CCNC(=NCCS(=O)Cc1ccccc1)N(C)Cc1ccc(Cl)cc1. The highest BCUT2D eigenvalue weighted by Gasteiger charge is 2.07. The van der Waals surface area contributed by atoms with Gasteiger partial charge < -0.3 is 10.2 Å². The highest BCUT2D eigenvalue weighted by atomic mass is 35.5. The first-order chi connectivity index (χ1) is 12.6. The Morgan fingerprint density at radius 1 is 1.12 bits per heavy atom. The van der Waals surface area contributed by atoms with Crippen LogP contribution in [0.15, 0.2) is 59.6 Å². The number of rotatable bonds is 8. The molecule has 140 valence electrons. The van der Waals surface area contributed by atoms with Gasteiger partial charge >= 0.3 is 0 Å². The molecule has 0 bridgehead atoms. The second kappa shape index (κ2) is 11.0. The van der Waals surface area contributed by atoms with Gasteiger partial charge in [0.2, 0.25) is 0 Å². The molecule has 0 aliphatic heterocycles. The molecule has 0 aliphatic rings. The van der Waals surface area contributed by atoms with Crippen LogP contribution in [0.5, 0.6) is 0 Å². The van der Waals surface area contributed by atoms with E-state index in [9.17, 15) is 4.21 Å². The maximum atomic E-state index is 12.2. The molecule has 2 rings (SSSR count). The molecule has 0 aromatic heterocycles. The number of nitrogens with zero attached hydrogens (tertiary/aromatic N) is 2. The fourth-order valence-corrected chi connectivity index (χ4v) is 3.62. The number of guanidine groups is 1. The third kappa shape index (κ3) is 7.18. The van der Waals surface area contributed by atoms with Crippen molar-refractivity contribution >= 4 is 28.4 Å². The van der Waals surface area contributed by atoms with Crippen LogP contribution in [0.3, 0.4) is 0 Å². The number of halogens is 1. The largest absolute Gasteiger partial charge is 0.357 e. The molecule has 0 saturated carbocycles. The molecule has 0 heterocycles. The number of hydrogen-bond donors (Lipinski definition) is 1. The van der Waals surface area contributed by atoms with Gasteiger partial charge in [-0.3, -0.25) is 9.20 Å². The van der Waals surface area contributed by atoms with E-state index in [0.717, 1.165) is 35.2 Å². The smallest absolute Gasteiger partial charge is 0.193 e. The van der Waals surface area contributed by atoms with Gasteiger partial charge in [0.15, 0.2) is 5.96 Å². The lowest BCUT2D eigenvalue weighted by atomic mass is 10.2. The van der Waals surface area contributed by atoms with E-state index >= 15 is 0 Å². The lowest BCUT2D eigenvalue weighted by Gasteiger charge is -2.22. The minimum atomic E-state index is -0.913. The summed E-state index contributed by atoms with van der Waals surface area (Å²) in [5.41, 5.74) is 2.26. The fraction of sp³-hybridized carbons (Fsp3) is 0.350. The Labute approximate surface area is 163 Å². The molecule has 0 saturated heterocycles. The molecule has 1 N–H and O–H groups in total. The van der Waals surface area contributed by atoms with Crippen LogP contribution in [0.1, 0.15) is 18.1 Å². The number of hydrogen-bond acceptors (Lipinski definition) is 2. The van der Waals surface area contributed by atoms with Gasteiger partial charge in [-0.2, -0.15) is 0 Å². The van der Waals surface area contributed by atoms with E-state index in [-0.39, 0.29) is 0 Å². The monoisotopic (exact) mass is 391 g/mol. The summed E-state index contributed by atoms with van der Waals surface area (Å²) in [5, 5.41) is 4.02. The minimum Gasteiger partial charge on any atom is -0.357 e. The Kier molecular flexibility index (Phi) is 8.65. The van der Waals surface area contributed by atoms with Crippen LogP contribution in [-0.4, -0.2) is 41.0 Å².